The first-order chi connectivity index (χ1) is 13.5. The Balaban J connectivity index is 1.60. The van der Waals surface area contributed by atoms with E-state index < -0.39 is 12.0 Å². The second kappa shape index (κ2) is 8.75. The number of hydrogen-bond donors (Lipinski definition) is 1. The van der Waals surface area contributed by atoms with E-state index in [1.54, 1.807) is 12.1 Å². The van der Waals surface area contributed by atoms with E-state index >= 15 is 0 Å². The molecule has 4 nitrogen and oxygen atoms in total. The summed E-state index contributed by atoms with van der Waals surface area (Å²) in [6.07, 6.45) is 1.10. The zero-order valence-electron chi connectivity index (χ0n) is 16.4. The van der Waals surface area contributed by atoms with Crippen LogP contribution in [0.1, 0.15) is 47.7 Å². The van der Waals surface area contributed by atoms with Gasteiger partial charge in [-0.3, -0.25) is 4.79 Å². The fourth-order valence-electron chi connectivity index (χ4n) is 3.15. The quantitative estimate of drug-likeness (QED) is 0.639. The zero-order chi connectivity index (χ0) is 20.1. The van der Waals surface area contributed by atoms with E-state index in [1.807, 2.05) is 32.0 Å². The van der Waals surface area contributed by atoms with Crippen molar-refractivity contribution < 1.29 is 14.3 Å². The third-order valence-corrected chi connectivity index (χ3v) is 4.98. The van der Waals surface area contributed by atoms with Crippen LogP contribution in [-0.4, -0.2) is 25.0 Å². The largest absolute Gasteiger partial charge is 0.467 e. The lowest BCUT2D eigenvalue weighted by atomic mass is 10.0. The molecule has 2 aromatic rings. The Bertz CT molecular complexity index is 891. The second-order valence-corrected chi connectivity index (χ2v) is 7.42. The number of rotatable bonds is 5. The maximum absolute atomic E-state index is 12.4. The number of benzene rings is 2. The molecule has 0 bridgehead atoms. The highest BCUT2D eigenvalue weighted by atomic mass is 16.5. The smallest absolute Gasteiger partial charge is 0.328 e. The maximum atomic E-state index is 12.4. The lowest BCUT2D eigenvalue weighted by molar-refractivity contribution is -0.144. The number of ether oxygens (including phenoxy) is 1. The number of amides is 1. The molecule has 0 aliphatic heterocycles. The second-order valence-electron chi connectivity index (χ2n) is 7.42. The van der Waals surface area contributed by atoms with Crippen molar-refractivity contribution in [1.29, 1.82) is 0 Å². The summed E-state index contributed by atoms with van der Waals surface area (Å²) >= 11 is 0. The van der Waals surface area contributed by atoms with Crippen molar-refractivity contribution in [3.63, 3.8) is 0 Å². The first kappa shape index (κ1) is 19.7. The Morgan fingerprint density at radius 2 is 1.75 bits per heavy atom. The van der Waals surface area contributed by atoms with Gasteiger partial charge in [-0.15, -0.1) is 0 Å². The highest BCUT2D eigenvalue weighted by molar-refractivity contribution is 5.96. The molecular formula is C24H25NO3. The van der Waals surface area contributed by atoms with E-state index in [4.69, 9.17) is 4.74 Å². The lowest BCUT2D eigenvalue weighted by Gasteiger charge is -2.19. The van der Waals surface area contributed by atoms with Crippen molar-refractivity contribution >= 4 is 11.9 Å². The third-order valence-electron chi connectivity index (χ3n) is 4.98. The molecule has 1 saturated carbocycles. The summed E-state index contributed by atoms with van der Waals surface area (Å²) in [6.45, 7) is 3.72. The molecule has 0 saturated heterocycles. The van der Waals surface area contributed by atoms with Crippen molar-refractivity contribution in [1.82, 2.24) is 5.32 Å². The van der Waals surface area contributed by atoms with Gasteiger partial charge in [-0.05, 0) is 48.1 Å². The summed E-state index contributed by atoms with van der Waals surface area (Å²) in [4.78, 5) is 24.2. The number of carbonyl (C=O) groups excluding carboxylic acids is 2. The molecule has 4 heteroatoms. The molecule has 0 spiro atoms. The third kappa shape index (κ3) is 4.80. The monoisotopic (exact) mass is 375 g/mol. The summed E-state index contributed by atoms with van der Waals surface area (Å²) in [6, 6.07) is 16.9. The van der Waals surface area contributed by atoms with Gasteiger partial charge >= 0.3 is 5.97 Å². The molecule has 2 aromatic carbocycles. The van der Waals surface area contributed by atoms with Gasteiger partial charge in [0, 0.05) is 17.0 Å². The van der Waals surface area contributed by atoms with Crippen LogP contribution in [0.15, 0.2) is 54.6 Å². The minimum Gasteiger partial charge on any atom is -0.467 e. The number of hydrogen-bond acceptors (Lipinski definition) is 3. The fraction of sp³-hybridized carbons (Fsp3) is 0.333. The Labute approximate surface area is 166 Å². The summed E-state index contributed by atoms with van der Waals surface area (Å²) in [5.41, 5.74) is 2.72. The minimum absolute atomic E-state index is 0.0577. The van der Waals surface area contributed by atoms with Gasteiger partial charge in [-0.1, -0.05) is 56.0 Å². The van der Waals surface area contributed by atoms with E-state index in [-0.39, 0.29) is 11.8 Å². The van der Waals surface area contributed by atoms with Crippen LogP contribution in [0.25, 0.3) is 0 Å². The first-order valence-corrected chi connectivity index (χ1v) is 9.55. The van der Waals surface area contributed by atoms with Gasteiger partial charge in [-0.2, -0.15) is 0 Å². The minimum atomic E-state index is -0.665. The molecule has 0 radical (unpaired) electrons. The lowest BCUT2D eigenvalue weighted by Crippen LogP contribution is -2.45. The number of methoxy groups -OCH3 is 1. The normalized spacial score (nSPS) is 18.6. The predicted molar refractivity (Wildman–Crippen MR) is 109 cm³/mol. The van der Waals surface area contributed by atoms with Gasteiger partial charge in [0.2, 0.25) is 0 Å². The topological polar surface area (TPSA) is 55.4 Å². The molecule has 1 amide bonds. The van der Waals surface area contributed by atoms with Crippen molar-refractivity contribution in [3.8, 4) is 11.8 Å². The van der Waals surface area contributed by atoms with Gasteiger partial charge in [0.1, 0.15) is 6.04 Å². The summed E-state index contributed by atoms with van der Waals surface area (Å²) in [5.74, 6) is 6.67. The van der Waals surface area contributed by atoms with Crippen molar-refractivity contribution in [2.24, 2.45) is 11.8 Å². The van der Waals surface area contributed by atoms with Crippen LogP contribution in [0.2, 0.25) is 0 Å². The van der Waals surface area contributed by atoms with E-state index in [0.29, 0.717) is 17.4 Å². The maximum Gasteiger partial charge on any atom is 0.328 e. The fourth-order valence-corrected chi connectivity index (χ4v) is 3.15. The van der Waals surface area contributed by atoms with Crippen LogP contribution in [0.4, 0.5) is 0 Å². The van der Waals surface area contributed by atoms with Gasteiger partial charge < -0.3 is 10.1 Å². The van der Waals surface area contributed by atoms with Gasteiger partial charge in [0.05, 0.1) is 7.11 Å². The number of esters is 1. The Hall–Kier alpha value is -3.06. The number of nitrogens with one attached hydrogen (secondary N) is 1. The zero-order valence-corrected chi connectivity index (χ0v) is 16.4. The van der Waals surface area contributed by atoms with Crippen LogP contribution in [0.5, 0.6) is 0 Å². The Kier molecular flexibility index (Phi) is 6.16. The molecular weight excluding hydrogens is 350 g/mol. The molecule has 1 aliphatic carbocycles. The predicted octanol–water partition coefficient (Wildman–Crippen LogP) is 3.77. The van der Waals surface area contributed by atoms with Gasteiger partial charge in [0.15, 0.2) is 0 Å². The molecule has 0 aromatic heterocycles. The van der Waals surface area contributed by atoms with Crippen LogP contribution in [-0.2, 0) is 9.53 Å². The molecule has 144 valence electrons. The first-order valence-electron chi connectivity index (χ1n) is 9.55. The van der Waals surface area contributed by atoms with Crippen LogP contribution >= 0.6 is 0 Å². The molecule has 1 aliphatic rings. The molecule has 3 atom stereocenters. The van der Waals surface area contributed by atoms with Crippen molar-refractivity contribution in [2.75, 3.05) is 7.11 Å². The Morgan fingerprint density at radius 3 is 2.36 bits per heavy atom. The van der Waals surface area contributed by atoms with E-state index in [0.717, 1.165) is 12.0 Å². The molecule has 28 heavy (non-hydrogen) atoms. The van der Waals surface area contributed by atoms with Gasteiger partial charge in [-0.25, -0.2) is 4.79 Å². The summed E-state index contributed by atoms with van der Waals surface area (Å²) in [7, 11) is 1.32. The molecule has 1 fully saturated rings. The van der Waals surface area contributed by atoms with E-state index in [2.05, 4.69) is 41.4 Å². The summed E-state index contributed by atoms with van der Waals surface area (Å²) < 4.78 is 4.76. The van der Waals surface area contributed by atoms with Crippen molar-refractivity contribution in [2.45, 2.75) is 32.2 Å². The number of carbonyl (C=O) groups is 2. The van der Waals surface area contributed by atoms with Gasteiger partial charge in [0.25, 0.3) is 5.91 Å². The average molecular weight is 375 g/mol. The van der Waals surface area contributed by atoms with Crippen LogP contribution in [0, 0.1) is 23.7 Å². The average Bonchev–Trinajstić information content (AvgIpc) is 3.50. The standard InChI is InChI=1S/C24H25NO3/c1-16(2)22(24(27)28-3)25-23(26)19-12-9-17(10-13-19)11-14-20-15-21(20)18-7-5-4-6-8-18/h4-10,12-13,16,20-22H,15H2,1-3H3,(H,25,26)/t20?,21?,22-/m0/s1. The SMILES string of the molecule is COC(=O)[C@@H](NC(=O)c1ccc(C#CC2CC2c2ccccc2)cc1)C(C)C. The van der Waals surface area contributed by atoms with Crippen molar-refractivity contribution in [3.05, 3.63) is 71.3 Å². The van der Waals surface area contributed by atoms with E-state index in [9.17, 15) is 9.59 Å². The molecule has 3 rings (SSSR count). The summed E-state index contributed by atoms with van der Waals surface area (Å²) in [5, 5.41) is 2.74. The molecule has 0 heterocycles. The van der Waals surface area contributed by atoms with E-state index in [1.165, 1.54) is 12.7 Å². The molecule has 1 N–H and O–H groups in total. The molecule has 2 unspecified atom stereocenters. The van der Waals surface area contributed by atoms with Crippen LogP contribution < -0.4 is 5.32 Å². The highest BCUT2D eigenvalue weighted by Gasteiger charge is 2.36. The Morgan fingerprint density at radius 1 is 1.07 bits per heavy atom. The van der Waals surface area contributed by atoms with Crippen LogP contribution in [0.3, 0.4) is 0 Å². The highest BCUT2D eigenvalue weighted by Crippen LogP contribution is 2.46.